The molecule has 0 aliphatic rings. The van der Waals surface area contributed by atoms with E-state index in [-0.39, 0.29) is 6.54 Å². The smallest absolute Gasteiger partial charge is 0.319 e. The van der Waals surface area contributed by atoms with Gasteiger partial charge in [0.25, 0.3) is 0 Å². The SMILES string of the molecule is CC(CCCNC(=O)Nc1c(F)cc(F)cc1F)C(=O)O. The molecule has 5 nitrogen and oxygen atoms in total. The van der Waals surface area contributed by atoms with Gasteiger partial charge in [0.15, 0.2) is 11.6 Å². The molecule has 0 aliphatic carbocycles. The van der Waals surface area contributed by atoms with E-state index in [4.69, 9.17) is 5.11 Å². The van der Waals surface area contributed by atoms with Crippen LogP contribution in [0.1, 0.15) is 19.8 Å². The first-order valence-electron chi connectivity index (χ1n) is 6.23. The molecule has 1 unspecified atom stereocenters. The summed E-state index contributed by atoms with van der Waals surface area (Å²) in [5, 5.41) is 12.9. The molecule has 0 bridgehead atoms. The average Bonchev–Trinajstić information content (AvgIpc) is 2.38. The zero-order valence-corrected chi connectivity index (χ0v) is 11.3. The molecule has 3 N–H and O–H groups in total. The van der Waals surface area contributed by atoms with Crippen LogP contribution in [-0.4, -0.2) is 23.7 Å². The lowest BCUT2D eigenvalue weighted by molar-refractivity contribution is -0.141. The number of amides is 2. The van der Waals surface area contributed by atoms with Crippen molar-refractivity contribution in [3.8, 4) is 0 Å². The second-order valence-corrected chi connectivity index (χ2v) is 4.51. The summed E-state index contributed by atoms with van der Waals surface area (Å²) in [6.45, 7) is 1.68. The molecular formula is C13H15F3N2O3. The van der Waals surface area contributed by atoms with Crippen molar-refractivity contribution in [2.24, 2.45) is 5.92 Å². The van der Waals surface area contributed by atoms with Gasteiger partial charge in [-0.25, -0.2) is 18.0 Å². The summed E-state index contributed by atoms with van der Waals surface area (Å²) >= 11 is 0. The Kier molecular flexibility index (Phi) is 6.01. The van der Waals surface area contributed by atoms with Gasteiger partial charge in [-0.15, -0.1) is 0 Å². The monoisotopic (exact) mass is 304 g/mol. The highest BCUT2D eigenvalue weighted by molar-refractivity contribution is 5.89. The van der Waals surface area contributed by atoms with E-state index < -0.39 is 41.1 Å². The lowest BCUT2D eigenvalue weighted by Gasteiger charge is -2.10. The summed E-state index contributed by atoms with van der Waals surface area (Å²) < 4.78 is 39.2. The first-order chi connectivity index (χ1) is 9.81. The van der Waals surface area contributed by atoms with Gasteiger partial charge in [0.05, 0.1) is 5.92 Å². The van der Waals surface area contributed by atoms with Crippen molar-refractivity contribution in [2.75, 3.05) is 11.9 Å². The minimum absolute atomic E-state index is 0.147. The number of rotatable bonds is 6. The Morgan fingerprint density at radius 3 is 2.33 bits per heavy atom. The number of aliphatic carboxylic acids is 1. The lowest BCUT2D eigenvalue weighted by atomic mass is 10.1. The second-order valence-electron chi connectivity index (χ2n) is 4.51. The summed E-state index contributed by atoms with van der Waals surface area (Å²) in [5.41, 5.74) is -0.743. The Morgan fingerprint density at radius 1 is 1.24 bits per heavy atom. The third kappa shape index (κ3) is 5.33. The van der Waals surface area contributed by atoms with Crippen LogP contribution in [0.2, 0.25) is 0 Å². The molecule has 1 aromatic rings. The highest BCUT2D eigenvalue weighted by Gasteiger charge is 2.14. The summed E-state index contributed by atoms with van der Waals surface area (Å²) in [4.78, 5) is 22.0. The number of carbonyl (C=O) groups is 2. The maximum atomic E-state index is 13.3. The van der Waals surface area contributed by atoms with Gasteiger partial charge in [-0.1, -0.05) is 6.92 Å². The van der Waals surface area contributed by atoms with E-state index in [0.717, 1.165) is 0 Å². The van der Waals surface area contributed by atoms with Gasteiger partial charge in [0, 0.05) is 18.7 Å². The predicted octanol–water partition coefficient (Wildman–Crippen LogP) is 2.73. The van der Waals surface area contributed by atoms with E-state index in [1.165, 1.54) is 6.92 Å². The van der Waals surface area contributed by atoms with E-state index >= 15 is 0 Å². The van der Waals surface area contributed by atoms with Crippen LogP contribution in [0, 0.1) is 23.4 Å². The number of halogens is 3. The van der Waals surface area contributed by atoms with E-state index in [1.54, 1.807) is 0 Å². The molecule has 0 aliphatic heterocycles. The van der Waals surface area contributed by atoms with Crippen LogP contribution in [0.5, 0.6) is 0 Å². The topological polar surface area (TPSA) is 78.4 Å². The number of carbonyl (C=O) groups excluding carboxylic acids is 1. The fraction of sp³-hybridized carbons (Fsp3) is 0.385. The third-order valence-corrected chi connectivity index (χ3v) is 2.77. The molecule has 2 amide bonds. The van der Waals surface area contributed by atoms with Crippen LogP contribution in [0.3, 0.4) is 0 Å². The standard InChI is InChI=1S/C13H15F3N2O3/c1-7(12(19)20)3-2-4-17-13(21)18-11-9(15)5-8(14)6-10(11)16/h5-7H,2-4H2,1H3,(H,19,20)(H2,17,18,21). The first-order valence-corrected chi connectivity index (χ1v) is 6.23. The minimum atomic E-state index is -1.22. The first kappa shape index (κ1) is 16.8. The largest absolute Gasteiger partial charge is 0.481 e. The lowest BCUT2D eigenvalue weighted by Crippen LogP contribution is -2.30. The number of urea groups is 1. The zero-order valence-electron chi connectivity index (χ0n) is 11.3. The summed E-state index contributed by atoms with van der Waals surface area (Å²) in [6, 6.07) is 0.0443. The van der Waals surface area contributed by atoms with Crippen molar-refractivity contribution in [1.82, 2.24) is 5.32 Å². The molecule has 116 valence electrons. The Labute approximate surface area is 119 Å². The van der Waals surface area contributed by atoms with Gasteiger partial charge in [0.2, 0.25) is 0 Å². The van der Waals surface area contributed by atoms with Gasteiger partial charge < -0.3 is 15.7 Å². The molecule has 1 atom stereocenters. The quantitative estimate of drug-likeness (QED) is 0.707. The van der Waals surface area contributed by atoms with Crippen molar-refractivity contribution >= 4 is 17.7 Å². The fourth-order valence-electron chi connectivity index (χ4n) is 1.55. The third-order valence-electron chi connectivity index (χ3n) is 2.77. The van der Waals surface area contributed by atoms with E-state index in [0.29, 0.717) is 25.0 Å². The molecule has 0 radical (unpaired) electrons. The highest BCUT2D eigenvalue weighted by Crippen LogP contribution is 2.19. The van der Waals surface area contributed by atoms with E-state index in [9.17, 15) is 22.8 Å². The number of benzene rings is 1. The minimum Gasteiger partial charge on any atom is -0.481 e. The molecule has 0 saturated carbocycles. The number of carboxylic acid groups (broad SMARTS) is 1. The summed E-state index contributed by atoms with van der Waals surface area (Å²) in [5.74, 6) is -5.00. The molecule has 8 heteroatoms. The Morgan fingerprint density at radius 2 is 1.81 bits per heavy atom. The molecule has 0 spiro atoms. The maximum Gasteiger partial charge on any atom is 0.319 e. The molecule has 0 fully saturated rings. The van der Waals surface area contributed by atoms with Crippen molar-refractivity contribution in [2.45, 2.75) is 19.8 Å². The molecule has 1 rings (SSSR count). The molecule has 0 aromatic heterocycles. The number of nitrogens with one attached hydrogen (secondary N) is 2. The van der Waals surface area contributed by atoms with Gasteiger partial charge in [-0.05, 0) is 12.8 Å². The van der Waals surface area contributed by atoms with Gasteiger partial charge in [-0.3, -0.25) is 4.79 Å². The maximum absolute atomic E-state index is 13.3. The molecule has 0 heterocycles. The highest BCUT2D eigenvalue weighted by atomic mass is 19.1. The normalized spacial score (nSPS) is 11.8. The number of carboxylic acids is 1. The Hall–Kier alpha value is -2.25. The van der Waals surface area contributed by atoms with Gasteiger partial charge >= 0.3 is 12.0 Å². The van der Waals surface area contributed by atoms with E-state index in [1.807, 2.05) is 5.32 Å². The van der Waals surface area contributed by atoms with Gasteiger partial charge in [0.1, 0.15) is 11.5 Å². The number of anilines is 1. The van der Waals surface area contributed by atoms with E-state index in [2.05, 4.69) is 5.32 Å². The van der Waals surface area contributed by atoms with Crippen LogP contribution in [-0.2, 0) is 4.79 Å². The number of hydrogen-bond donors (Lipinski definition) is 3. The van der Waals surface area contributed by atoms with Crippen LogP contribution in [0.25, 0.3) is 0 Å². The van der Waals surface area contributed by atoms with Crippen molar-refractivity contribution in [3.05, 3.63) is 29.6 Å². The fourth-order valence-corrected chi connectivity index (χ4v) is 1.55. The predicted molar refractivity (Wildman–Crippen MR) is 69.4 cm³/mol. The van der Waals surface area contributed by atoms with Crippen LogP contribution in [0.4, 0.5) is 23.7 Å². The Balaban J connectivity index is 2.43. The molecular weight excluding hydrogens is 289 g/mol. The van der Waals surface area contributed by atoms with Gasteiger partial charge in [-0.2, -0.15) is 0 Å². The number of hydrogen-bond acceptors (Lipinski definition) is 2. The van der Waals surface area contributed by atoms with Crippen LogP contribution in [0.15, 0.2) is 12.1 Å². The van der Waals surface area contributed by atoms with Crippen LogP contribution >= 0.6 is 0 Å². The van der Waals surface area contributed by atoms with Crippen molar-refractivity contribution in [3.63, 3.8) is 0 Å². The zero-order chi connectivity index (χ0) is 16.0. The van der Waals surface area contributed by atoms with Crippen molar-refractivity contribution in [1.29, 1.82) is 0 Å². The molecule has 0 saturated heterocycles. The van der Waals surface area contributed by atoms with Crippen LogP contribution < -0.4 is 10.6 Å². The second kappa shape index (κ2) is 7.51. The van der Waals surface area contributed by atoms with Crippen molar-refractivity contribution < 1.29 is 27.9 Å². The molecule has 21 heavy (non-hydrogen) atoms. The Bertz CT molecular complexity index is 514. The average molecular weight is 304 g/mol. The molecule has 1 aromatic carbocycles. The summed E-state index contributed by atoms with van der Waals surface area (Å²) in [6.07, 6.45) is 0.754. The summed E-state index contributed by atoms with van der Waals surface area (Å²) in [7, 11) is 0.